The van der Waals surface area contributed by atoms with Crippen molar-refractivity contribution < 1.29 is 0 Å². The molecule has 5 heteroatoms. The number of fused-ring (bicyclic) bond motifs is 2. The lowest BCUT2D eigenvalue weighted by Crippen LogP contribution is -2.08. The van der Waals surface area contributed by atoms with Gasteiger partial charge in [0.15, 0.2) is 10.8 Å². The van der Waals surface area contributed by atoms with Crippen LogP contribution in [0, 0.1) is 11.8 Å². The van der Waals surface area contributed by atoms with Gasteiger partial charge in [-0.3, -0.25) is 5.10 Å². The Morgan fingerprint density at radius 2 is 2.29 bits per heavy atom. The van der Waals surface area contributed by atoms with E-state index in [1.807, 2.05) is 0 Å². The fraction of sp³-hybridized carbons (Fsp3) is 0.583. The zero-order chi connectivity index (χ0) is 11.2. The van der Waals surface area contributed by atoms with Crippen molar-refractivity contribution in [2.45, 2.75) is 31.6 Å². The van der Waals surface area contributed by atoms with E-state index >= 15 is 0 Å². The molecule has 0 aromatic carbocycles. The van der Waals surface area contributed by atoms with Gasteiger partial charge in [0, 0.05) is 11.3 Å². The van der Waals surface area contributed by atoms with Gasteiger partial charge in [-0.05, 0) is 31.1 Å². The number of H-pyrrole nitrogens is 1. The normalized spacial score (nSPS) is 31.2. The third-order valence-corrected chi connectivity index (χ3v) is 5.12. The van der Waals surface area contributed by atoms with Gasteiger partial charge >= 0.3 is 0 Å². The van der Waals surface area contributed by atoms with Crippen LogP contribution in [0.2, 0.25) is 0 Å². The number of aromatic amines is 1. The summed E-state index contributed by atoms with van der Waals surface area (Å²) in [6.07, 6.45) is 7.17. The van der Waals surface area contributed by atoms with E-state index in [1.54, 1.807) is 11.3 Å². The Morgan fingerprint density at radius 3 is 3.00 bits per heavy atom. The average Bonchev–Trinajstić information content (AvgIpc) is 3.12. The maximum Gasteiger partial charge on any atom is 0.184 e. The van der Waals surface area contributed by atoms with Crippen LogP contribution in [0.1, 0.15) is 37.3 Å². The fourth-order valence-corrected chi connectivity index (χ4v) is 4.31. The van der Waals surface area contributed by atoms with Crippen molar-refractivity contribution in [1.29, 1.82) is 0 Å². The van der Waals surface area contributed by atoms with E-state index in [-0.39, 0.29) is 0 Å². The van der Waals surface area contributed by atoms with Crippen molar-refractivity contribution in [1.82, 2.24) is 20.2 Å². The Labute approximate surface area is 104 Å². The summed E-state index contributed by atoms with van der Waals surface area (Å²) in [5.74, 6) is 3.37. The Morgan fingerprint density at radius 1 is 1.29 bits per heavy atom. The molecule has 2 aromatic heterocycles. The van der Waals surface area contributed by atoms with Crippen LogP contribution in [0.3, 0.4) is 0 Å². The third kappa shape index (κ3) is 1.52. The Balaban J connectivity index is 1.63. The first kappa shape index (κ1) is 9.76. The Kier molecular flexibility index (Phi) is 2.09. The SMILES string of the molecule is c1n[nH]c(-c2nc([C@@H]3C[C@H]4CC[C@H]3C4)cs2)n1. The highest BCUT2D eigenvalue weighted by Crippen LogP contribution is 2.52. The van der Waals surface area contributed by atoms with Crippen molar-refractivity contribution in [3.05, 3.63) is 17.4 Å². The molecule has 4 rings (SSSR count). The summed E-state index contributed by atoms with van der Waals surface area (Å²) in [7, 11) is 0. The number of nitrogens with zero attached hydrogens (tertiary/aromatic N) is 3. The summed E-state index contributed by atoms with van der Waals surface area (Å²) in [4.78, 5) is 8.89. The smallest absolute Gasteiger partial charge is 0.184 e. The molecule has 2 heterocycles. The van der Waals surface area contributed by atoms with Gasteiger partial charge in [-0.2, -0.15) is 5.10 Å². The van der Waals surface area contributed by atoms with Gasteiger partial charge in [0.1, 0.15) is 6.33 Å². The molecule has 0 unspecified atom stereocenters. The molecule has 0 spiro atoms. The summed E-state index contributed by atoms with van der Waals surface area (Å²) >= 11 is 1.68. The van der Waals surface area contributed by atoms with Crippen molar-refractivity contribution in [2.24, 2.45) is 11.8 Å². The number of thiazole rings is 1. The molecule has 2 aliphatic rings. The third-order valence-electron chi connectivity index (χ3n) is 4.26. The zero-order valence-electron chi connectivity index (χ0n) is 9.47. The lowest BCUT2D eigenvalue weighted by molar-refractivity contribution is 0.414. The molecular weight excluding hydrogens is 232 g/mol. The summed E-state index contributed by atoms with van der Waals surface area (Å²) in [6.45, 7) is 0. The summed E-state index contributed by atoms with van der Waals surface area (Å²) in [6, 6.07) is 0. The van der Waals surface area contributed by atoms with Crippen LogP contribution in [0.15, 0.2) is 11.7 Å². The quantitative estimate of drug-likeness (QED) is 0.886. The monoisotopic (exact) mass is 246 g/mol. The van der Waals surface area contributed by atoms with Gasteiger partial charge in [-0.1, -0.05) is 6.42 Å². The minimum absolute atomic E-state index is 0.710. The first-order chi connectivity index (χ1) is 8.40. The minimum atomic E-state index is 0.710. The number of aromatic nitrogens is 4. The second kappa shape index (κ2) is 3.63. The van der Waals surface area contributed by atoms with Gasteiger partial charge in [-0.25, -0.2) is 9.97 Å². The molecule has 4 nitrogen and oxygen atoms in total. The highest BCUT2D eigenvalue weighted by atomic mass is 32.1. The highest BCUT2D eigenvalue weighted by molar-refractivity contribution is 7.13. The van der Waals surface area contributed by atoms with Gasteiger partial charge in [0.25, 0.3) is 0 Å². The Bertz CT molecular complexity index is 518. The second-order valence-electron chi connectivity index (χ2n) is 5.19. The topological polar surface area (TPSA) is 54.5 Å². The molecular formula is C12H14N4S. The van der Waals surface area contributed by atoms with E-state index in [9.17, 15) is 0 Å². The van der Waals surface area contributed by atoms with E-state index in [2.05, 4.69) is 20.6 Å². The van der Waals surface area contributed by atoms with E-state index < -0.39 is 0 Å². The molecule has 3 atom stereocenters. The summed E-state index contributed by atoms with van der Waals surface area (Å²) < 4.78 is 0. The van der Waals surface area contributed by atoms with Gasteiger partial charge in [0.2, 0.25) is 0 Å². The van der Waals surface area contributed by atoms with Crippen molar-refractivity contribution in [3.8, 4) is 10.8 Å². The number of hydrogen-bond acceptors (Lipinski definition) is 4. The van der Waals surface area contributed by atoms with E-state index in [0.717, 1.165) is 22.7 Å². The van der Waals surface area contributed by atoms with Crippen molar-refractivity contribution in [3.63, 3.8) is 0 Å². The maximum atomic E-state index is 4.74. The first-order valence-electron chi connectivity index (χ1n) is 6.21. The van der Waals surface area contributed by atoms with Gasteiger partial charge in [-0.15, -0.1) is 11.3 Å². The molecule has 0 amide bonds. The predicted molar refractivity (Wildman–Crippen MR) is 65.7 cm³/mol. The van der Waals surface area contributed by atoms with Crippen LogP contribution in [-0.4, -0.2) is 20.2 Å². The molecule has 2 fully saturated rings. The average molecular weight is 246 g/mol. The van der Waals surface area contributed by atoms with Crippen LogP contribution in [0.25, 0.3) is 10.8 Å². The first-order valence-corrected chi connectivity index (χ1v) is 7.09. The number of nitrogens with one attached hydrogen (secondary N) is 1. The Hall–Kier alpha value is -1.23. The summed E-state index contributed by atoms with van der Waals surface area (Å²) in [5.41, 5.74) is 1.29. The molecule has 88 valence electrons. The van der Waals surface area contributed by atoms with Gasteiger partial charge < -0.3 is 0 Å². The molecule has 0 saturated heterocycles. The van der Waals surface area contributed by atoms with E-state index in [0.29, 0.717) is 5.92 Å². The standard InChI is InChI=1S/C12H14N4S/c1-2-8-3-7(1)4-9(8)10-5-17-12(15-10)11-13-6-14-16-11/h5-9H,1-4H2,(H,13,14,16)/t7-,8-,9+/m0/s1. The van der Waals surface area contributed by atoms with E-state index in [4.69, 9.17) is 4.98 Å². The predicted octanol–water partition coefficient (Wildman–Crippen LogP) is 2.83. The molecule has 2 aliphatic carbocycles. The molecule has 0 radical (unpaired) electrons. The van der Waals surface area contributed by atoms with Crippen molar-refractivity contribution >= 4 is 11.3 Å². The molecule has 1 N–H and O–H groups in total. The lowest BCUT2D eigenvalue weighted by Gasteiger charge is -2.19. The van der Waals surface area contributed by atoms with Crippen molar-refractivity contribution in [2.75, 3.05) is 0 Å². The second-order valence-corrected chi connectivity index (χ2v) is 6.05. The largest absolute Gasteiger partial charge is 0.257 e. The fourth-order valence-electron chi connectivity index (χ4n) is 3.48. The molecule has 17 heavy (non-hydrogen) atoms. The zero-order valence-corrected chi connectivity index (χ0v) is 10.3. The molecule has 2 bridgehead atoms. The summed E-state index contributed by atoms with van der Waals surface area (Å²) in [5, 5.41) is 9.94. The van der Waals surface area contributed by atoms with Crippen LogP contribution < -0.4 is 0 Å². The highest BCUT2D eigenvalue weighted by Gasteiger charge is 2.41. The number of rotatable bonds is 2. The van der Waals surface area contributed by atoms with Crippen LogP contribution in [0.4, 0.5) is 0 Å². The molecule has 0 aliphatic heterocycles. The van der Waals surface area contributed by atoms with Crippen LogP contribution >= 0.6 is 11.3 Å². The van der Waals surface area contributed by atoms with Crippen LogP contribution in [-0.2, 0) is 0 Å². The minimum Gasteiger partial charge on any atom is -0.257 e. The maximum absolute atomic E-state index is 4.74. The van der Waals surface area contributed by atoms with Crippen LogP contribution in [0.5, 0.6) is 0 Å². The number of hydrogen-bond donors (Lipinski definition) is 1. The molecule has 2 aromatic rings. The molecule has 2 saturated carbocycles. The van der Waals surface area contributed by atoms with E-state index in [1.165, 1.54) is 37.7 Å². The van der Waals surface area contributed by atoms with Gasteiger partial charge in [0.05, 0.1) is 5.69 Å². The lowest BCUT2D eigenvalue weighted by atomic mass is 9.87.